The van der Waals surface area contributed by atoms with Crippen LogP contribution in [0.5, 0.6) is 0 Å². The number of benzene rings is 1. The second-order valence-corrected chi connectivity index (χ2v) is 8.71. The Morgan fingerprint density at radius 2 is 1.52 bits per heavy atom. The zero-order valence-electron chi connectivity index (χ0n) is 12.9. The van der Waals surface area contributed by atoms with Crippen LogP contribution in [-0.4, -0.2) is 25.5 Å². The monoisotopic (exact) mass is 460 g/mol. The number of halogens is 2. The number of rotatable bonds is 5. The topological polar surface area (TPSA) is 24.7 Å². The minimum absolute atomic E-state index is 0.956. The third kappa shape index (κ3) is 12.0. The molecule has 1 aromatic rings. The van der Waals surface area contributed by atoms with Gasteiger partial charge in [0.2, 0.25) is 0 Å². The molecule has 2 nitrogen and oxygen atoms in total. The maximum absolute atomic E-state index is 4.33. The molecule has 0 aliphatic rings. The average molecular weight is 463 g/mol. The van der Waals surface area contributed by atoms with E-state index in [9.17, 15) is 0 Å². The maximum atomic E-state index is 4.33. The van der Waals surface area contributed by atoms with Crippen molar-refractivity contribution < 1.29 is 10.9 Å². The third-order valence-corrected chi connectivity index (χ3v) is 2.70. The Morgan fingerprint density at radius 3 is 1.90 bits per heavy atom. The molecular weight excluding hydrogens is 439 g/mol. The van der Waals surface area contributed by atoms with Gasteiger partial charge in [0.15, 0.2) is 0 Å². The van der Waals surface area contributed by atoms with Crippen LogP contribution in [0.15, 0.2) is 53.5 Å². The molecule has 0 fully saturated rings. The fourth-order valence-corrected chi connectivity index (χ4v) is 1.78. The van der Waals surface area contributed by atoms with Gasteiger partial charge in [-0.15, -0.1) is 13.2 Å². The Labute approximate surface area is 149 Å². The molecule has 0 atom stereocenters. The van der Waals surface area contributed by atoms with Gasteiger partial charge in [0, 0.05) is 14.1 Å². The van der Waals surface area contributed by atoms with Gasteiger partial charge < -0.3 is 0 Å². The average Bonchev–Trinajstić information content (AvgIpc) is 2.55. The second-order valence-electron chi connectivity index (χ2n) is 3.72. The van der Waals surface area contributed by atoms with Crippen molar-refractivity contribution in [2.24, 2.45) is 9.98 Å². The van der Waals surface area contributed by atoms with E-state index in [-0.39, 0.29) is 0 Å². The van der Waals surface area contributed by atoms with Gasteiger partial charge in [0.25, 0.3) is 0 Å². The molecule has 5 heteroatoms. The zero-order chi connectivity index (χ0) is 16.5. The summed E-state index contributed by atoms with van der Waals surface area (Å²) in [6, 6.07) is 10.5. The Morgan fingerprint density at radius 1 is 1.05 bits per heavy atom. The summed E-state index contributed by atoms with van der Waals surface area (Å²) in [6.45, 7) is 8.12. The fraction of sp³-hybridized carbons (Fsp3) is 0.375. The Bertz CT molecular complexity index is 406. The first-order valence-electron chi connectivity index (χ1n) is 6.51. The van der Waals surface area contributed by atoms with E-state index in [1.54, 1.807) is 0 Å². The van der Waals surface area contributed by atoms with Gasteiger partial charge >= 0.3 is 39.3 Å². The van der Waals surface area contributed by atoms with E-state index in [4.69, 9.17) is 0 Å². The molecule has 0 aliphatic carbocycles. The molecule has 21 heavy (non-hydrogen) atoms. The molecular formula is C16H24Br2N2Ni. The van der Waals surface area contributed by atoms with Crippen LogP contribution in [0.2, 0.25) is 0 Å². The fourth-order valence-electron chi connectivity index (χ4n) is 1.78. The van der Waals surface area contributed by atoms with Gasteiger partial charge in [-0.25, -0.2) is 0 Å². The summed E-state index contributed by atoms with van der Waals surface area (Å²) in [5, 5.41) is 0. The van der Waals surface area contributed by atoms with Gasteiger partial charge in [-0.1, -0.05) is 37.3 Å². The number of nitrogens with zero attached hydrogens (tertiary/aromatic N) is 2. The molecule has 1 rings (SSSR count). The van der Waals surface area contributed by atoms with E-state index in [2.05, 4.69) is 82.8 Å². The Hall–Kier alpha value is -0.246. The normalized spacial score (nSPS) is 11.1. The molecule has 0 saturated heterocycles. The Kier molecular flexibility index (Phi) is 19.5. The minimum atomic E-state index is 0.956. The first-order valence-corrected chi connectivity index (χ1v) is 11.4. The van der Waals surface area contributed by atoms with E-state index in [1.165, 1.54) is 16.5 Å². The molecule has 0 spiro atoms. The summed E-state index contributed by atoms with van der Waals surface area (Å²) in [4.78, 5) is 8.61. The van der Waals surface area contributed by atoms with Gasteiger partial charge in [-0.2, -0.15) is 0 Å². The van der Waals surface area contributed by atoms with E-state index in [1.807, 2.05) is 20.2 Å². The van der Waals surface area contributed by atoms with Crippen molar-refractivity contribution in [1.82, 2.24) is 0 Å². The van der Waals surface area contributed by atoms with Gasteiger partial charge in [0.05, 0.1) is 11.4 Å². The molecule has 0 aromatic heterocycles. The molecule has 0 aliphatic heterocycles. The summed E-state index contributed by atoms with van der Waals surface area (Å²) in [5.74, 6) is 0. The molecule has 0 radical (unpaired) electrons. The van der Waals surface area contributed by atoms with Crippen LogP contribution < -0.4 is 0 Å². The van der Waals surface area contributed by atoms with Crippen molar-refractivity contribution in [3.05, 3.63) is 49.1 Å². The summed E-state index contributed by atoms with van der Waals surface area (Å²) in [7, 11) is 4.94. The number of aryl methyl sites for hydroxylation is 1. The predicted octanol–water partition coefficient (Wildman–Crippen LogP) is 5.66. The van der Waals surface area contributed by atoms with Crippen LogP contribution >= 0.6 is 28.5 Å². The van der Waals surface area contributed by atoms with E-state index < -0.39 is 0 Å². The van der Waals surface area contributed by atoms with Crippen LogP contribution in [0.1, 0.15) is 25.3 Å². The van der Waals surface area contributed by atoms with Gasteiger partial charge in [0.1, 0.15) is 0 Å². The Balaban J connectivity index is 0. The third-order valence-electron chi connectivity index (χ3n) is 2.70. The second kappa shape index (κ2) is 17.8. The van der Waals surface area contributed by atoms with E-state index in [0.29, 0.717) is 0 Å². The van der Waals surface area contributed by atoms with Crippen LogP contribution in [0.3, 0.4) is 0 Å². The van der Waals surface area contributed by atoms with Crippen molar-refractivity contribution in [2.75, 3.05) is 14.1 Å². The molecule has 0 saturated carbocycles. The van der Waals surface area contributed by atoms with Crippen molar-refractivity contribution in [3.8, 4) is 0 Å². The molecule has 0 N–H and O–H groups in total. The van der Waals surface area contributed by atoms with Crippen molar-refractivity contribution in [1.29, 1.82) is 0 Å². The van der Waals surface area contributed by atoms with E-state index >= 15 is 0 Å². The van der Waals surface area contributed by atoms with E-state index in [0.717, 1.165) is 30.7 Å². The summed E-state index contributed by atoms with van der Waals surface area (Å²) in [5.41, 5.74) is 3.61. The van der Waals surface area contributed by atoms with Crippen molar-refractivity contribution in [2.45, 2.75) is 26.2 Å². The van der Waals surface area contributed by atoms with Crippen LogP contribution in [0.25, 0.3) is 0 Å². The number of hydrogen-bond acceptors (Lipinski definition) is 2. The molecule has 122 valence electrons. The van der Waals surface area contributed by atoms with Gasteiger partial charge in [-0.05, 0) is 24.8 Å². The first-order chi connectivity index (χ1) is 10.2. The summed E-state index contributed by atoms with van der Waals surface area (Å²) >= 11 is 6.00. The van der Waals surface area contributed by atoms with Crippen molar-refractivity contribution >= 4 is 39.9 Å². The molecule has 0 amide bonds. The molecule has 0 unspecified atom stereocenters. The quantitative estimate of drug-likeness (QED) is 0.306. The number of aliphatic imine (C=N–C) groups is 2. The van der Waals surface area contributed by atoms with Crippen LogP contribution in [0, 0.1) is 0 Å². The molecule has 1 aromatic carbocycles. The first kappa shape index (κ1) is 23.0. The number of hydrogen-bond donors (Lipinski definition) is 0. The van der Waals surface area contributed by atoms with Crippen LogP contribution in [-0.2, 0) is 17.3 Å². The standard InChI is InChI=1S/C14H20N2.C2H4.2BrH.Ni/c1-4-13(15-2)14(16-3)11-10-12-8-6-5-7-9-12;1-2;;;/h5-9H,4,10-11H2,1-3H3;1-2H2;2*1H;/q;;;;+2/p-2. The van der Waals surface area contributed by atoms with Gasteiger partial charge in [-0.3, -0.25) is 9.98 Å². The predicted molar refractivity (Wildman–Crippen MR) is 101 cm³/mol. The molecule has 0 heterocycles. The summed E-state index contributed by atoms with van der Waals surface area (Å²) in [6.07, 6.45) is 2.96. The van der Waals surface area contributed by atoms with Crippen LogP contribution in [0.4, 0.5) is 0 Å². The molecule has 0 bridgehead atoms. The summed E-state index contributed by atoms with van der Waals surface area (Å²) < 4.78 is 0. The van der Waals surface area contributed by atoms with Crippen molar-refractivity contribution in [3.63, 3.8) is 0 Å². The SMILES string of the molecule is C=C.CCC(=NC)C(CCc1ccccc1)=NC.[Br][Ni][Br]. The zero-order valence-corrected chi connectivity index (χ0v) is 17.0.